The number of furan rings is 2. The Bertz CT molecular complexity index is 3700. The summed E-state index contributed by atoms with van der Waals surface area (Å²) in [7, 11) is 0. The lowest BCUT2D eigenvalue weighted by Gasteiger charge is -2.30. The van der Waals surface area contributed by atoms with Gasteiger partial charge in [0.15, 0.2) is 11.2 Å². The zero-order valence-corrected chi connectivity index (χ0v) is 36.1. The van der Waals surface area contributed by atoms with E-state index in [1.807, 2.05) is 12.1 Å². The van der Waals surface area contributed by atoms with Crippen LogP contribution in [0.2, 0.25) is 0 Å². The van der Waals surface area contributed by atoms with Crippen LogP contribution < -0.4 is 9.80 Å². The van der Waals surface area contributed by atoms with Crippen LogP contribution in [-0.4, -0.2) is 0 Å². The van der Waals surface area contributed by atoms with E-state index in [0.29, 0.717) is 5.92 Å². The van der Waals surface area contributed by atoms with Gasteiger partial charge < -0.3 is 18.6 Å². The van der Waals surface area contributed by atoms with Crippen molar-refractivity contribution in [3.05, 3.63) is 193 Å². The molecule has 0 atom stereocenters. The summed E-state index contributed by atoms with van der Waals surface area (Å²) in [6, 6.07) is 66.2. The smallest absolute Gasteiger partial charge is 0.159 e. The van der Waals surface area contributed by atoms with Gasteiger partial charge in [-0.05, 0) is 105 Å². The summed E-state index contributed by atoms with van der Waals surface area (Å²) in [6.07, 6.45) is 0. The predicted octanol–water partition coefficient (Wildman–Crippen LogP) is 17.7. The average Bonchev–Trinajstić information content (AvgIpc) is 3.89. The van der Waals surface area contributed by atoms with E-state index in [1.165, 1.54) is 43.4 Å². The molecular weight excluding hydrogens is 769 g/mol. The molecule has 0 unspecified atom stereocenters. The topological polar surface area (TPSA) is 32.8 Å². The van der Waals surface area contributed by atoms with Crippen LogP contribution in [-0.2, 0) is 5.41 Å². The van der Waals surface area contributed by atoms with Gasteiger partial charge in [-0.2, -0.15) is 0 Å². The molecule has 0 aliphatic heterocycles. The van der Waals surface area contributed by atoms with Crippen LogP contribution in [0.25, 0.3) is 76.2 Å². The SMILES string of the molecule is CC(C)c1ccc(N(c2ccc3ccc4c(N(c5ccc(C(C)(C)C)cc5)c5cccc6c5oc5ccccc56)ccc5ccc2c3c54)c2cccc3c2oc2ccccc23)cc1. The minimum atomic E-state index is 0.0209. The number of anilines is 6. The first-order chi connectivity index (χ1) is 30.7. The maximum atomic E-state index is 6.75. The monoisotopic (exact) mass is 814 g/mol. The van der Waals surface area contributed by atoms with Gasteiger partial charge in [0.1, 0.15) is 11.2 Å². The summed E-state index contributed by atoms with van der Waals surface area (Å²) in [5, 5.41) is 11.6. The van der Waals surface area contributed by atoms with Crippen LogP contribution in [0.1, 0.15) is 51.7 Å². The van der Waals surface area contributed by atoms with Gasteiger partial charge in [0.25, 0.3) is 0 Å². The van der Waals surface area contributed by atoms with Gasteiger partial charge in [0.05, 0.1) is 22.7 Å². The highest BCUT2D eigenvalue weighted by Gasteiger charge is 2.26. The van der Waals surface area contributed by atoms with Gasteiger partial charge in [0, 0.05) is 43.7 Å². The maximum Gasteiger partial charge on any atom is 0.159 e. The van der Waals surface area contributed by atoms with Crippen LogP contribution in [0.4, 0.5) is 34.1 Å². The maximum absolute atomic E-state index is 6.75. The minimum absolute atomic E-state index is 0.0209. The standard InChI is InChI=1S/C59H46N2O2/c1-36(2)37-20-28-41(29-21-37)60(51-16-10-14-45-43-12-6-8-18-53(43)62-57(45)51)49-34-24-38-23-33-48-50(35-25-39-22-32-47(49)55(38)56(39)48)61(42-30-26-40(27-31-42)59(3,4)5)52-17-11-15-46-44-13-7-9-19-54(44)63-58(46)52/h6-36H,1-5H3. The third-order valence-electron chi connectivity index (χ3n) is 13.2. The Morgan fingerprint density at radius 2 is 0.810 bits per heavy atom. The first-order valence-electron chi connectivity index (χ1n) is 22.0. The first-order valence-corrected chi connectivity index (χ1v) is 22.0. The molecule has 2 heterocycles. The van der Waals surface area contributed by atoms with E-state index in [-0.39, 0.29) is 5.41 Å². The lowest BCUT2D eigenvalue weighted by molar-refractivity contribution is 0.590. The molecule has 2 aromatic heterocycles. The Balaban J connectivity index is 1.12. The molecule has 0 bridgehead atoms. The van der Waals surface area contributed by atoms with Crippen LogP contribution in [0.15, 0.2) is 191 Å². The van der Waals surface area contributed by atoms with E-state index in [1.54, 1.807) is 0 Å². The number of para-hydroxylation sites is 4. The van der Waals surface area contributed by atoms with Gasteiger partial charge >= 0.3 is 0 Å². The number of nitrogens with zero attached hydrogens (tertiary/aromatic N) is 2. The molecule has 0 fully saturated rings. The molecule has 0 saturated carbocycles. The normalized spacial score (nSPS) is 12.3. The Kier molecular flexibility index (Phi) is 8.26. The third kappa shape index (κ3) is 5.82. The molecule has 0 saturated heterocycles. The summed E-state index contributed by atoms with van der Waals surface area (Å²) in [5.41, 5.74) is 12.4. The van der Waals surface area contributed by atoms with E-state index in [9.17, 15) is 0 Å². The van der Waals surface area contributed by atoms with E-state index in [0.717, 1.165) is 78.0 Å². The van der Waals surface area contributed by atoms with Crippen LogP contribution in [0.5, 0.6) is 0 Å². The molecule has 0 radical (unpaired) electrons. The van der Waals surface area contributed by atoms with Crippen molar-refractivity contribution in [1.29, 1.82) is 0 Å². The summed E-state index contributed by atoms with van der Waals surface area (Å²) >= 11 is 0. The zero-order valence-electron chi connectivity index (χ0n) is 36.1. The van der Waals surface area contributed by atoms with Gasteiger partial charge in [-0.1, -0.05) is 156 Å². The molecule has 12 rings (SSSR count). The molecule has 0 N–H and O–H groups in total. The third-order valence-corrected chi connectivity index (χ3v) is 13.2. The van der Waals surface area contributed by atoms with E-state index in [4.69, 9.17) is 8.83 Å². The fourth-order valence-corrected chi connectivity index (χ4v) is 9.91. The Labute approximate surface area is 366 Å². The number of benzene rings is 10. The molecule has 0 aliphatic carbocycles. The summed E-state index contributed by atoms with van der Waals surface area (Å²) < 4.78 is 13.5. The Morgan fingerprint density at radius 3 is 1.27 bits per heavy atom. The number of fused-ring (bicyclic) bond motifs is 6. The predicted molar refractivity (Wildman–Crippen MR) is 267 cm³/mol. The van der Waals surface area contributed by atoms with Gasteiger partial charge in [0.2, 0.25) is 0 Å². The summed E-state index contributed by atoms with van der Waals surface area (Å²) in [5.74, 6) is 0.421. The molecule has 4 nitrogen and oxygen atoms in total. The summed E-state index contributed by atoms with van der Waals surface area (Å²) in [6.45, 7) is 11.3. The van der Waals surface area contributed by atoms with Crippen molar-refractivity contribution < 1.29 is 8.83 Å². The average molecular weight is 815 g/mol. The van der Waals surface area contributed by atoms with Crippen LogP contribution in [0.3, 0.4) is 0 Å². The van der Waals surface area contributed by atoms with Crippen molar-refractivity contribution >= 4 is 110 Å². The molecule has 12 aromatic rings. The summed E-state index contributed by atoms with van der Waals surface area (Å²) in [4.78, 5) is 4.79. The molecule has 4 heteroatoms. The Morgan fingerprint density at radius 1 is 0.381 bits per heavy atom. The molecule has 10 aromatic carbocycles. The van der Waals surface area contributed by atoms with Gasteiger partial charge in [-0.3, -0.25) is 0 Å². The second kappa shape index (κ2) is 14.0. The molecule has 0 amide bonds. The van der Waals surface area contributed by atoms with Crippen molar-refractivity contribution in [1.82, 2.24) is 0 Å². The highest BCUT2D eigenvalue weighted by Crippen LogP contribution is 2.50. The largest absolute Gasteiger partial charge is 0.454 e. The van der Waals surface area contributed by atoms with Crippen molar-refractivity contribution in [2.24, 2.45) is 0 Å². The number of hydrogen-bond donors (Lipinski definition) is 0. The molecule has 0 aliphatic rings. The number of hydrogen-bond acceptors (Lipinski definition) is 4. The molecule has 0 spiro atoms. The van der Waals surface area contributed by atoms with E-state index in [2.05, 4.69) is 214 Å². The quantitative estimate of drug-likeness (QED) is 0.150. The van der Waals surface area contributed by atoms with Crippen molar-refractivity contribution in [3.63, 3.8) is 0 Å². The van der Waals surface area contributed by atoms with Crippen LogP contribution in [0, 0.1) is 0 Å². The lowest BCUT2D eigenvalue weighted by Crippen LogP contribution is -2.13. The second-order valence-electron chi connectivity index (χ2n) is 18.3. The van der Waals surface area contributed by atoms with Gasteiger partial charge in [-0.15, -0.1) is 0 Å². The lowest BCUT2D eigenvalue weighted by atomic mass is 9.87. The zero-order chi connectivity index (χ0) is 42.6. The highest BCUT2D eigenvalue weighted by molar-refractivity contribution is 6.28. The minimum Gasteiger partial charge on any atom is -0.454 e. The fraction of sp³-hybridized carbons (Fsp3) is 0.119. The van der Waals surface area contributed by atoms with Crippen LogP contribution >= 0.6 is 0 Å². The van der Waals surface area contributed by atoms with Crippen molar-refractivity contribution in [2.45, 2.75) is 46.0 Å². The Hall–Kier alpha value is -7.56. The van der Waals surface area contributed by atoms with Crippen molar-refractivity contribution in [2.75, 3.05) is 9.80 Å². The molecule has 304 valence electrons. The molecule has 63 heavy (non-hydrogen) atoms. The fourth-order valence-electron chi connectivity index (χ4n) is 9.91. The second-order valence-corrected chi connectivity index (χ2v) is 18.3. The van der Waals surface area contributed by atoms with Crippen molar-refractivity contribution in [3.8, 4) is 0 Å². The number of rotatable bonds is 7. The molecular formula is C59H46N2O2. The highest BCUT2D eigenvalue weighted by atomic mass is 16.3. The first kappa shape index (κ1) is 37.2. The van der Waals surface area contributed by atoms with Gasteiger partial charge in [-0.25, -0.2) is 0 Å². The van der Waals surface area contributed by atoms with E-state index >= 15 is 0 Å². The van der Waals surface area contributed by atoms with E-state index < -0.39 is 0 Å².